The molecule has 0 heterocycles. The van der Waals surface area contributed by atoms with E-state index in [-0.39, 0.29) is 34.2 Å². The molecule has 4 rings (SSSR count). The molecular weight excluding hydrogens is 316 g/mol. The first-order chi connectivity index (χ1) is 11.8. The Balaban J connectivity index is 1.72. The molecule has 0 bridgehead atoms. The number of hydrogen-bond acceptors (Lipinski definition) is 4. The van der Waals surface area contributed by atoms with Gasteiger partial charge >= 0.3 is 0 Å². The molecule has 4 heteroatoms. The molecule has 1 unspecified atom stereocenters. The molecule has 134 valence electrons. The SMILES string of the molecule is C[C@]12CC(O)[C@H]3[C@@H](CCC4=CC(=O)C=C[C@@]43C)[C@@H]1CC[C@@H]2C(=O)C=O. The topological polar surface area (TPSA) is 71.4 Å². The largest absolute Gasteiger partial charge is 0.393 e. The summed E-state index contributed by atoms with van der Waals surface area (Å²) in [4.78, 5) is 35.0. The fraction of sp³-hybridized carbons (Fsp3) is 0.667. The van der Waals surface area contributed by atoms with Crippen LogP contribution >= 0.6 is 0 Å². The van der Waals surface area contributed by atoms with Gasteiger partial charge in [0, 0.05) is 17.3 Å². The Bertz CT molecular complexity index is 705. The molecule has 0 spiro atoms. The maximum atomic E-state index is 12.2. The molecular formula is C21H26O4. The van der Waals surface area contributed by atoms with E-state index in [4.69, 9.17) is 0 Å². The maximum absolute atomic E-state index is 12.2. The number of fused-ring (bicyclic) bond motifs is 5. The molecule has 3 saturated carbocycles. The first kappa shape index (κ1) is 16.9. The van der Waals surface area contributed by atoms with Crippen LogP contribution in [0.25, 0.3) is 0 Å². The molecule has 7 atom stereocenters. The predicted molar refractivity (Wildman–Crippen MR) is 92.6 cm³/mol. The lowest BCUT2D eigenvalue weighted by molar-refractivity contribution is -0.143. The summed E-state index contributed by atoms with van der Waals surface area (Å²) in [6.07, 6.45) is 9.43. The van der Waals surface area contributed by atoms with Gasteiger partial charge in [0.15, 0.2) is 17.9 Å². The Kier molecular flexibility index (Phi) is 3.70. The van der Waals surface area contributed by atoms with Gasteiger partial charge in [-0.1, -0.05) is 25.5 Å². The number of aldehydes is 1. The minimum Gasteiger partial charge on any atom is -0.393 e. The standard InChI is InChI=1S/C21H26O4/c1-20-8-7-13(23)9-12(20)3-4-14-15-5-6-16(18(25)11-22)21(15,2)10-17(24)19(14)20/h7-9,11,14-17,19,24H,3-6,10H2,1-2H3/t14-,15-,16+,17?,19+,20-,21-/m0/s1. The van der Waals surface area contributed by atoms with Gasteiger partial charge in [-0.25, -0.2) is 0 Å². The lowest BCUT2D eigenvalue weighted by atomic mass is 9.46. The number of carbonyl (C=O) groups excluding carboxylic acids is 3. The van der Waals surface area contributed by atoms with E-state index in [1.54, 1.807) is 12.2 Å². The van der Waals surface area contributed by atoms with Crippen molar-refractivity contribution in [3.05, 3.63) is 23.8 Å². The molecule has 1 N–H and O–H groups in total. The van der Waals surface area contributed by atoms with Gasteiger partial charge < -0.3 is 5.11 Å². The second kappa shape index (κ2) is 5.47. The molecule has 25 heavy (non-hydrogen) atoms. The second-order valence-electron chi connectivity index (χ2n) is 8.95. The number of rotatable bonds is 2. The highest BCUT2D eigenvalue weighted by molar-refractivity contribution is 6.26. The van der Waals surface area contributed by atoms with Crippen molar-refractivity contribution < 1.29 is 19.5 Å². The summed E-state index contributed by atoms with van der Waals surface area (Å²) in [6, 6.07) is 0. The van der Waals surface area contributed by atoms with Crippen molar-refractivity contribution in [2.45, 2.75) is 52.1 Å². The van der Waals surface area contributed by atoms with Crippen molar-refractivity contribution in [2.24, 2.45) is 34.5 Å². The summed E-state index contributed by atoms with van der Waals surface area (Å²) in [5, 5.41) is 11.1. The molecule has 0 aromatic rings. The van der Waals surface area contributed by atoms with Crippen LogP contribution in [0.3, 0.4) is 0 Å². The van der Waals surface area contributed by atoms with E-state index in [0.717, 1.165) is 31.3 Å². The van der Waals surface area contributed by atoms with Crippen LogP contribution in [0.5, 0.6) is 0 Å². The second-order valence-corrected chi connectivity index (χ2v) is 8.95. The normalized spacial score (nSPS) is 48.2. The van der Waals surface area contributed by atoms with Crippen molar-refractivity contribution >= 4 is 17.9 Å². The van der Waals surface area contributed by atoms with Crippen LogP contribution < -0.4 is 0 Å². The third-order valence-electron chi connectivity index (χ3n) is 7.95. The number of aliphatic hydroxyl groups excluding tert-OH is 1. The summed E-state index contributed by atoms with van der Waals surface area (Å²) < 4.78 is 0. The van der Waals surface area contributed by atoms with Crippen molar-refractivity contribution in [3.63, 3.8) is 0 Å². The van der Waals surface area contributed by atoms with Crippen molar-refractivity contribution in [3.8, 4) is 0 Å². The summed E-state index contributed by atoms with van der Waals surface area (Å²) in [6.45, 7) is 4.25. The Hall–Kier alpha value is -1.55. The number of Topliss-reactive ketones (excluding diaryl/α,β-unsaturated/α-hetero) is 1. The van der Waals surface area contributed by atoms with E-state index < -0.39 is 6.10 Å². The third-order valence-corrected chi connectivity index (χ3v) is 7.95. The molecule has 4 nitrogen and oxygen atoms in total. The van der Waals surface area contributed by atoms with E-state index in [2.05, 4.69) is 13.8 Å². The van der Waals surface area contributed by atoms with Gasteiger partial charge in [-0.2, -0.15) is 0 Å². The van der Waals surface area contributed by atoms with Gasteiger partial charge in [-0.05, 0) is 61.5 Å². The smallest absolute Gasteiger partial charge is 0.198 e. The minimum absolute atomic E-state index is 0.0403. The number of carbonyl (C=O) groups is 3. The van der Waals surface area contributed by atoms with Gasteiger partial charge in [0.25, 0.3) is 0 Å². The van der Waals surface area contributed by atoms with Crippen LogP contribution in [0, 0.1) is 34.5 Å². The monoisotopic (exact) mass is 342 g/mol. The van der Waals surface area contributed by atoms with Crippen molar-refractivity contribution in [1.29, 1.82) is 0 Å². The number of allylic oxidation sites excluding steroid dienone is 4. The first-order valence-corrected chi connectivity index (χ1v) is 9.42. The summed E-state index contributed by atoms with van der Waals surface area (Å²) >= 11 is 0. The maximum Gasteiger partial charge on any atom is 0.198 e. The average molecular weight is 342 g/mol. The molecule has 0 amide bonds. The fourth-order valence-corrected chi connectivity index (χ4v) is 6.88. The van der Waals surface area contributed by atoms with Crippen LogP contribution in [0.15, 0.2) is 23.8 Å². The van der Waals surface area contributed by atoms with Crippen LogP contribution in [0.2, 0.25) is 0 Å². The minimum atomic E-state index is -0.516. The van der Waals surface area contributed by atoms with Crippen molar-refractivity contribution in [2.75, 3.05) is 0 Å². The molecule has 0 radical (unpaired) electrons. The zero-order valence-corrected chi connectivity index (χ0v) is 14.9. The lowest BCUT2D eigenvalue weighted by Crippen LogP contribution is -2.56. The summed E-state index contributed by atoms with van der Waals surface area (Å²) in [5.41, 5.74) is 0.580. The molecule has 0 aromatic carbocycles. The zero-order valence-electron chi connectivity index (χ0n) is 14.9. The van der Waals surface area contributed by atoms with E-state index in [1.807, 2.05) is 6.08 Å². The molecule has 3 fully saturated rings. The quantitative estimate of drug-likeness (QED) is 0.619. The summed E-state index contributed by atoms with van der Waals surface area (Å²) in [5.74, 6) is 0.260. The number of aliphatic hydroxyl groups is 1. The summed E-state index contributed by atoms with van der Waals surface area (Å²) in [7, 11) is 0. The Morgan fingerprint density at radius 1 is 1.28 bits per heavy atom. The van der Waals surface area contributed by atoms with Crippen LogP contribution in [-0.2, 0) is 14.4 Å². The first-order valence-electron chi connectivity index (χ1n) is 9.42. The van der Waals surface area contributed by atoms with Crippen LogP contribution in [0.4, 0.5) is 0 Å². The molecule has 4 aliphatic carbocycles. The van der Waals surface area contributed by atoms with Crippen LogP contribution in [0.1, 0.15) is 46.0 Å². The average Bonchev–Trinajstić information content (AvgIpc) is 2.91. The molecule has 0 saturated heterocycles. The highest BCUT2D eigenvalue weighted by Crippen LogP contribution is 2.65. The predicted octanol–water partition coefficient (Wildman–Crippen LogP) is 2.65. The highest BCUT2D eigenvalue weighted by atomic mass is 16.3. The fourth-order valence-electron chi connectivity index (χ4n) is 6.88. The molecule has 4 aliphatic rings. The Labute approximate surface area is 148 Å². The van der Waals surface area contributed by atoms with Gasteiger partial charge in [0.05, 0.1) is 6.10 Å². The van der Waals surface area contributed by atoms with E-state index in [0.29, 0.717) is 24.5 Å². The third kappa shape index (κ3) is 2.19. The number of ketones is 2. The van der Waals surface area contributed by atoms with E-state index >= 15 is 0 Å². The highest BCUT2D eigenvalue weighted by Gasteiger charge is 2.62. The van der Waals surface area contributed by atoms with E-state index in [1.165, 1.54) is 0 Å². The number of hydrogen-bond donors (Lipinski definition) is 1. The van der Waals surface area contributed by atoms with Gasteiger partial charge in [-0.15, -0.1) is 0 Å². The van der Waals surface area contributed by atoms with E-state index in [9.17, 15) is 19.5 Å². The van der Waals surface area contributed by atoms with Crippen molar-refractivity contribution in [1.82, 2.24) is 0 Å². The zero-order chi connectivity index (χ0) is 18.0. The molecule has 0 aliphatic heterocycles. The van der Waals surface area contributed by atoms with Crippen LogP contribution in [-0.4, -0.2) is 29.1 Å². The molecule has 0 aromatic heterocycles. The van der Waals surface area contributed by atoms with Gasteiger partial charge in [0.2, 0.25) is 0 Å². The van der Waals surface area contributed by atoms with Gasteiger partial charge in [-0.3, -0.25) is 14.4 Å². The Morgan fingerprint density at radius 3 is 2.76 bits per heavy atom. The van der Waals surface area contributed by atoms with Gasteiger partial charge in [0.1, 0.15) is 0 Å². The Morgan fingerprint density at radius 2 is 2.04 bits per heavy atom. The lowest BCUT2D eigenvalue weighted by Gasteiger charge is -2.58.